The molecule has 4 nitrogen and oxygen atoms in total. The number of nitrogens with one attached hydrogen (secondary N) is 1. The zero-order valence-corrected chi connectivity index (χ0v) is 10.9. The van der Waals surface area contributed by atoms with Gasteiger partial charge in [-0.05, 0) is 32.4 Å². The third-order valence-corrected chi connectivity index (χ3v) is 3.54. The third-order valence-electron chi connectivity index (χ3n) is 3.33. The van der Waals surface area contributed by atoms with Gasteiger partial charge < -0.3 is 15.8 Å². The molecule has 2 unspecified atom stereocenters. The Labute approximate surface area is 107 Å². The van der Waals surface area contributed by atoms with Crippen LogP contribution in [0.25, 0.3) is 0 Å². The molecule has 0 radical (unpaired) electrons. The van der Waals surface area contributed by atoms with Crippen LogP contribution in [0, 0.1) is 0 Å². The first-order chi connectivity index (χ1) is 8.01. The van der Waals surface area contributed by atoms with Crippen LogP contribution in [-0.4, -0.2) is 28.2 Å². The number of anilines is 1. The summed E-state index contributed by atoms with van der Waals surface area (Å²) in [5.41, 5.74) is 7.13. The average molecular weight is 251 g/mol. The van der Waals surface area contributed by atoms with Gasteiger partial charge in [0.05, 0.1) is 17.3 Å². The summed E-state index contributed by atoms with van der Waals surface area (Å²) >= 11 is 4.92. The molecule has 1 saturated heterocycles. The minimum Gasteiger partial charge on any atom is -0.388 e. The molecule has 0 amide bonds. The molecular formula is C12H17N3OS. The van der Waals surface area contributed by atoms with Crippen LogP contribution in [0.15, 0.2) is 18.3 Å². The number of nitrogens with zero attached hydrogens (tertiary/aromatic N) is 1. The second kappa shape index (κ2) is 4.58. The number of thiocarbonyl (C=S) groups is 1. The van der Waals surface area contributed by atoms with Crippen molar-refractivity contribution in [1.29, 1.82) is 0 Å². The second-order valence-corrected chi connectivity index (χ2v) is 5.04. The Hall–Kier alpha value is -1.20. The third kappa shape index (κ3) is 2.56. The molecule has 1 aliphatic heterocycles. The molecule has 1 aromatic rings. The molecular weight excluding hydrogens is 234 g/mol. The lowest BCUT2D eigenvalue weighted by Gasteiger charge is -2.30. The van der Waals surface area contributed by atoms with Crippen molar-refractivity contribution >= 4 is 22.9 Å². The summed E-state index contributed by atoms with van der Waals surface area (Å²) in [6.45, 7) is 5.03. The Balaban J connectivity index is 2.18. The fourth-order valence-corrected chi connectivity index (χ4v) is 2.08. The molecule has 2 rings (SSSR count). The van der Waals surface area contributed by atoms with E-state index >= 15 is 0 Å². The molecule has 0 saturated carbocycles. The standard InChI is InChI=1S/C12H17N3OS/c1-8-12(2,4-6-16-8)15-9-3-5-14-10(7-9)11(13)17/h3,5,7-8H,4,6H2,1-2H3,(H2,13,17)(H,14,15). The van der Waals surface area contributed by atoms with Crippen LogP contribution in [0.3, 0.4) is 0 Å². The van der Waals surface area contributed by atoms with Gasteiger partial charge in [-0.1, -0.05) is 12.2 Å². The molecule has 92 valence electrons. The van der Waals surface area contributed by atoms with Crippen LogP contribution in [0.5, 0.6) is 0 Å². The number of nitrogens with two attached hydrogens (primary N) is 1. The molecule has 2 heterocycles. The minimum atomic E-state index is -0.0468. The number of aromatic nitrogens is 1. The van der Waals surface area contributed by atoms with Gasteiger partial charge in [-0.25, -0.2) is 0 Å². The SMILES string of the molecule is CC1OCCC1(C)Nc1ccnc(C(N)=S)c1. The Morgan fingerprint density at radius 2 is 2.47 bits per heavy atom. The molecule has 1 aromatic heterocycles. The smallest absolute Gasteiger partial charge is 0.122 e. The first-order valence-corrected chi connectivity index (χ1v) is 6.08. The zero-order valence-electron chi connectivity index (χ0n) is 10.1. The van der Waals surface area contributed by atoms with Crippen molar-refractivity contribution in [2.24, 2.45) is 5.73 Å². The van der Waals surface area contributed by atoms with Crippen molar-refractivity contribution in [3.05, 3.63) is 24.0 Å². The lowest BCUT2D eigenvalue weighted by atomic mass is 9.94. The van der Waals surface area contributed by atoms with Gasteiger partial charge in [-0.15, -0.1) is 0 Å². The highest BCUT2D eigenvalue weighted by Gasteiger charge is 2.36. The Bertz CT molecular complexity index is 438. The number of hydrogen-bond donors (Lipinski definition) is 2. The van der Waals surface area contributed by atoms with Gasteiger partial charge >= 0.3 is 0 Å². The van der Waals surface area contributed by atoms with Crippen molar-refractivity contribution in [1.82, 2.24) is 4.98 Å². The maximum atomic E-state index is 5.59. The van der Waals surface area contributed by atoms with E-state index in [0.29, 0.717) is 10.7 Å². The van der Waals surface area contributed by atoms with E-state index in [-0.39, 0.29) is 11.6 Å². The monoisotopic (exact) mass is 251 g/mol. The van der Waals surface area contributed by atoms with E-state index in [2.05, 4.69) is 24.1 Å². The number of ether oxygens (including phenoxy) is 1. The second-order valence-electron chi connectivity index (χ2n) is 4.60. The van der Waals surface area contributed by atoms with Gasteiger partial charge in [0, 0.05) is 18.5 Å². The summed E-state index contributed by atoms with van der Waals surface area (Å²) < 4.78 is 5.59. The summed E-state index contributed by atoms with van der Waals surface area (Å²) in [6, 6.07) is 3.79. The molecule has 0 aromatic carbocycles. The molecule has 5 heteroatoms. The van der Waals surface area contributed by atoms with Crippen molar-refractivity contribution in [2.45, 2.75) is 31.9 Å². The van der Waals surface area contributed by atoms with E-state index in [9.17, 15) is 0 Å². The van der Waals surface area contributed by atoms with Crippen LogP contribution in [0.4, 0.5) is 5.69 Å². The quantitative estimate of drug-likeness (QED) is 0.801. The number of rotatable bonds is 3. The predicted molar refractivity (Wildman–Crippen MR) is 72.2 cm³/mol. The van der Waals surface area contributed by atoms with Gasteiger partial charge in [-0.2, -0.15) is 0 Å². The average Bonchev–Trinajstić information content (AvgIpc) is 2.59. The molecule has 1 fully saturated rings. The predicted octanol–water partition coefficient (Wildman–Crippen LogP) is 1.70. The molecule has 3 N–H and O–H groups in total. The lowest BCUT2D eigenvalue weighted by Crippen LogP contribution is -2.41. The molecule has 0 spiro atoms. The topological polar surface area (TPSA) is 60.2 Å². The molecule has 0 aliphatic carbocycles. The summed E-state index contributed by atoms with van der Waals surface area (Å²) in [4.78, 5) is 4.43. The molecule has 1 aliphatic rings. The molecule has 0 bridgehead atoms. The summed E-state index contributed by atoms with van der Waals surface area (Å²) in [6.07, 6.45) is 2.88. The highest BCUT2D eigenvalue weighted by atomic mass is 32.1. The molecule has 17 heavy (non-hydrogen) atoms. The van der Waals surface area contributed by atoms with Gasteiger partial charge in [0.2, 0.25) is 0 Å². The Morgan fingerprint density at radius 3 is 3.06 bits per heavy atom. The summed E-state index contributed by atoms with van der Waals surface area (Å²) in [5.74, 6) is 0. The van der Waals surface area contributed by atoms with E-state index in [1.807, 2.05) is 12.1 Å². The van der Waals surface area contributed by atoms with E-state index in [1.54, 1.807) is 6.20 Å². The van der Waals surface area contributed by atoms with Crippen LogP contribution in [-0.2, 0) is 4.74 Å². The summed E-state index contributed by atoms with van der Waals surface area (Å²) in [5, 5.41) is 3.48. The molecule has 2 atom stereocenters. The fourth-order valence-electron chi connectivity index (χ4n) is 1.97. The lowest BCUT2D eigenvalue weighted by molar-refractivity contribution is 0.105. The first kappa shape index (κ1) is 12.3. The van der Waals surface area contributed by atoms with Crippen molar-refractivity contribution < 1.29 is 4.74 Å². The highest BCUT2D eigenvalue weighted by molar-refractivity contribution is 7.80. The Morgan fingerprint density at radius 1 is 1.71 bits per heavy atom. The van der Waals surface area contributed by atoms with Gasteiger partial charge in [0.15, 0.2) is 0 Å². The van der Waals surface area contributed by atoms with Crippen molar-refractivity contribution in [3.63, 3.8) is 0 Å². The number of pyridine rings is 1. The van der Waals surface area contributed by atoms with E-state index in [0.717, 1.165) is 18.7 Å². The van der Waals surface area contributed by atoms with E-state index < -0.39 is 0 Å². The van der Waals surface area contributed by atoms with Crippen molar-refractivity contribution in [3.8, 4) is 0 Å². The van der Waals surface area contributed by atoms with Crippen LogP contribution in [0.2, 0.25) is 0 Å². The first-order valence-electron chi connectivity index (χ1n) is 5.67. The van der Waals surface area contributed by atoms with Gasteiger partial charge in [0.1, 0.15) is 4.99 Å². The van der Waals surface area contributed by atoms with Gasteiger partial charge in [-0.3, -0.25) is 4.98 Å². The maximum Gasteiger partial charge on any atom is 0.122 e. The highest BCUT2D eigenvalue weighted by Crippen LogP contribution is 2.29. The fraction of sp³-hybridized carbons (Fsp3) is 0.500. The Kier molecular flexibility index (Phi) is 3.31. The van der Waals surface area contributed by atoms with Crippen LogP contribution >= 0.6 is 12.2 Å². The minimum absolute atomic E-state index is 0.0468. The van der Waals surface area contributed by atoms with Crippen LogP contribution in [0.1, 0.15) is 26.0 Å². The summed E-state index contributed by atoms with van der Waals surface area (Å²) in [7, 11) is 0. The van der Waals surface area contributed by atoms with E-state index in [4.69, 9.17) is 22.7 Å². The van der Waals surface area contributed by atoms with Gasteiger partial charge in [0.25, 0.3) is 0 Å². The number of hydrogen-bond acceptors (Lipinski definition) is 4. The largest absolute Gasteiger partial charge is 0.388 e. The zero-order chi connectivity index (χ0) is 12.5. The van der Waals surface area contributed by atoms with Crippen LogP contribution < -0.4 is 11.1 Å². The normalized spacial score (nSPS) is 28.0. The maximum absolute atomic E-state index is 5.59. The van der Waals surface area contributed by atoms with Crippen molar-refractivity contribution in [2.75, 3.05) is 11.9 Å². The van der Waals surface area contributed by atoms with E-state index in [1.165, 1.54) is 0 Å².